The molecule has 0 aliphatic heterocycles. The molecule has 0 aliphatic carbocycles. The van der Waals surface area contributed by atoms with E-state index in [1.165, 1.54) is 11.5 Å². The number of rotatable bonds is 2. The predicted molar refractivity (Wildman–Crippen MR) is 55.4 cm³/mol. The second-order valence-electron chi connectivity index (χ2n) is 3.17. The molecule has 2 aromatic rings. The van der Waals surface area contributed by atoms with E-state index in [-0.39, 0.29) is 6.10 Å². The monoisotopic (exact) mass is 193 g/mol. The molecule has 0 amide bonds. The van der Waals surface area contributed by atoms with Crippen molar-refractivity contribution < 1.29 is 4.74 Å². The molecule has 68 valence electrons. The van der Waals surface area contributed by atoms with E-state index in [0.717, 1.165) is 15.8 Å². The van der Waals surface area contributed by atoms with Crippen molar-refractivity contribution in [2.24, 2.45) is 0 Å². The molecular weight excluding hydrogens is 182 g/mol. The summed E-state index contributed by atoms with van der Waals surface area (Å²) in [4.78, 5) is 0. The zero-order valence-corrected chi connectivity index (χ0v) is 8.47. The summed E-state index contributed by atoms with van der Waals surface area (Å²) in [7, 11) is 0. The van der Waals surface area contributed by atoms with Gasteiger partial charge in [-0.1, -0.05) is 12.1 Å². The topological polar surface area (TPSA) is 22.1 Å². The van der Waals surface area contributed by atoms with E-state index in [4.69, 9.17) is 4.74 Å². The summed E-state index contributed by atoms with van der Waals surface area (Å²) in [6.07, 6.45) is 2.08. The van der Waals surface area contributed by atoms with Crippen LogP contribution in [-0.4, -0.2) is 10.5 Å². The summed E-state index contributed by atoms with van der Waals surface area (Å²) in [6.45, 7) is 4.06. The number of hydrogen-bond acceptors (Lipinski definition) is 3. The minimum absolute atomic E-state index is 0.215. The Morgan fingerprint density at radius 1 is 1.38 bits per heavy atom. The molecule has 0 radical (unpaired) electrons. The van der Waals surface area contributed by atoms with Crippen LogP contribution in [-0.2, 0) is 0 Å². The lowest BCUT2D eigenvalue weighted by Gasteiger charge is -2.09. The summed E-state index contributed by atoms with van der Waals surface area (Å²) in [5.41, 5.74) is 0. The van der Waals surface area contributed by atoms with Gasteiger partial charge in [0.15, 0.2) is 0 Å². The van der Waals surface area contributed by atoms with E-state index in [2.05, 4.69) is 4.37 Å². The Hall–Kier alpha value is -1.09. The van der Waals surface area contributed by atoms with Gasteiger partial charge >= 0.3 is 0 Å². The number of hydrogen-bond donors (Lipinski definition) is 0. The van der Waals surface area contributed by atoms with Crippen molar-refractivity contribution in [3.8, 4) is 5.75 Å². The van der Waals surface area contributed by atoms with Crippen molar-refractivity contribution in [1.82, 2.24) is 4.37 Å². The Kier molecular flexibility index (Phi) is 2.19. The van der Waals surface area contributed by atoms with Gasteiger partial charge in [0.1, 0.15) is 5.75 Å². The summed E-state index contributed by atoms with van der Waals surface area (Å²) in [5.74, 6) is 0.940. The zero-order chi connectivity index (χ0) is 9.26. The van der Waals surface area contributed by atoms with Gasteiger partial charge in [-0.15, -0.1) is 0 Å². The SMILES string of the molecule is CC(C)Oc1cccc2cnsc12. The Morgan fingerprint density at radius 2 is 2.23 bits per heavy atom. The minimum atomic E-state index is 0.215. The van der Waals surface area contributed by atoms with Gasteiger partial charge in [0.25, 0.3) is 0 Å². The van der Waals surface area contributed by atoms with Crippen molar-refractivity contribution >= 4 is 21.6 Å². The maximum absolute atomic E-state index is 5.66. The van der Waals surface area contributed by atoms with Gasteiger partial charge in [-0.25, -0.2) is 0 Å². The van der Waals surface area contributed by atoms with Crippen LogP contribution in [0.2, 0.25) is 0 Å². The van der Waals surface area contributed by atoms with Crippen LogP contribution < -0.4 is 4.74 Å². The van der Waals surface area contributed by atoms with Crippen LogP contribution in [0.25, 0.3) is 10.1 Å². The average Bonchev–Trinajstić information content (AvgIpc) is 2.51. The molecule has 1 heterocycles. The second-order valence-corrected chi connectivity index (χ2v) is 3.97. The first-order valence-electron chi connectivity index (χ1n) is 4.27. The van der Waals surface area contributed by atoms with Gasteiger partial charge < -0.3 is 4.74 Å². The van der Waals surface area contributed by atoms with Crippen LogP contribution in [0.3, 0.4) is 0 Å². The molecule has 0 spiro atoms. The summed E-state index contributed by atoms with van der Waals surface area (Å²) < 4.78 is 10.9. The molecule has 1 aromatic carbocycles. The number of nitrogens with zero attached hydrogens (tertiary/aromatic N) is 1. The van der Waals surface area contributed by atoms with E-state index in [1.54, 1.807) is 0 Å². The Bertz CT molecular complexity index is 408. The van der Waals surface area contributed by atoms with Crippen molar-refractivity contribution in [1.29, 1.82) is 0 Å². The third kappa shape index (κ3) is 1.65. The summed E-state index contributed by atoms with van der Waals surface area (Å²) in [5, 5.41) is 1.16. The van der Waals surface area contributed by atoms with Crippen molar-refractivity contribution in [2.75, 3.05) is 0 Å². The lowest BCUT2D eigenvalue weighted by Crippen LogP contribution is -2.05. The Balaban J connectivity index is 2.48. The third-order valence-corrected chi connectivity index (χ3v) is 2.54. The molecule has 0 fully saturated rings. The van der Waals surface area contributed by atoms with Crippen LogP contribution in [0, 0.1) is 0 Å². The first kappa shape index (κ1) is 8.51. The third-order valence-electron chi connectivity index (χ3n) is 1.71. The molecule has 13 heavy (non-hydrogen) atoms. The van der Waals surface area contributed by atoms with Gasteiger partial charge in [0.2, 0.25) is 0 Å². The summed E-state index contributed by atoms with van der Waals surface area (Å²) in [6, 6.07) is 6.03. The van der Waals surface area contributed by atoms with Crippen LogP contribution >= 0.6 is 11.5 Å². The van der Waals surface area contributed by atoms with Gasteiger partial charge in [-0.05, 0) is 31.4 Å². The quantitative estimate of drug-likeness (QED) is 0.731. The number of aromatic nitrogens is 1. The van der Waals surface area contributed by atoms with Crippen LogP contribution in [0.15, 0.2) is 24.4 Å². The van der Waals surface area contributed by atoms with Gasteiger partial charge in [0.05, 0.1) is 10.8 Å². The lowest BCUT2D eigenvalue weighted by atomic mass is 10.2. The molecule has 0 unspecified atom stereocenters. The highest BCUT2D eigenvalue weighted by atomic mass is 32.1. The van der Waals surface area contributed by atoms with Crippen LogP contribution in [0.1, 0.15) is 13.8 Å². The van der Waals surface area contributed by atoms with Gasteiger partial charge in [-0.3, -0.25) is 0 Å². The number of benzene rings is 1. The standard InChI is InChI=1S/C10H11NOS/c1-7(2)12-9-5-3-4-8-6-11-13-10(8)9/h3-7H,1-2H3. The zero-order valence-electron chi connectivity index (χ0n) is 7.65. The molecule has 3 heteroatoms. The van der Waals surface area contributed by atoms with Gasteiger partial charge in [-0.2, -0.15) is 4.37 Å². The molecule has 0 aliphatic rings. The van der Waals surface area contributed by atoms with Crippen molar-refractivity contribution in [2.45, 2.75) is 20.0 Å². The molecule has 0 N–H and O–H groups in total. The number of ether oxygens (including phenoxy) is 1. The highest BCUT2D eigenvalue weighted by Gasteiger charge is 2.04. The van der Waals surface area contributed by atoms with E-state index in [9.17, 15) is 0 Å². The van der Waals surface area contributed by atoms with Crippen molar-refractivity contribution in [3.05, 3.63) is 24.4 Å². The fourth-order valence-electron chi connectivity index (χ4n) is 1.21. The smallest absolute Gasteiger partial charge is 0.139 e. The van der Waals surface area contributed by atoms with E-state index < -0.39 is 0 Å². The van der Waals surface area contributed by atoms with E-state index >= 15 is 0 Å². The molecule has 1 aromatic heterocycles. The van der Waals surface area contributed by atoms with E-state index in [0.29, 0.717) is 0 Å². The Labute approximate surface area is 81.3 Å². The highest BCUT2D eigenvalue weighted by molar-refractivity contribution is 7.13. The summed E-state index contributed by atoms with van der Waals surface area (Å²) >= 11 is 1.48. The first-order valence-corrected chi connectivity index (χ1v) is 5.05. The first-order chi connectivity index (χ1) is 6.27. The second kappa shape index (κ2) is 3.34. The van der Waals surface area contributed by atoms with Gasteiger partial charge in [0, 0.05) is 11.6 Å². The molecular formula is C10H11NOS. The molecule has 0 saturated heterocycles. The lowest BCUT2D eigenvalue weighted by molar-refractivity contribution is 0.246. The molecule has 2 nitrogen and oxygen atoms in total. The average molecular weight is 193 g/mol. The highest BCUT2D eigenvalue weighted by Crippen LogP contribution is 2.29. The fraction of sp³-hybridized carbons (Fsp3) is 0.300. The molecule has 0 bridgehead atoms. The minimum Gasteiger partial charge on any atom is -0.489 e. The molecule has 0 saturated carbocycles. The van der Waals surface area contributed by atoms with E-state index in [1.807, 2.05) is 38.2 Å². The Morgan fingerprint density at radius 3 is 3.00 bits per heavy atom. The maximum atomic E-state index is 5.66. The normalized spacial score (nSPS) is 11.0. The largest absolute Gasteiger partial charge is 0.489 e. The van der Waals surface area contributed by atoms with Crippen molar-refractivity contribution in [3.63, 3.8) is 0 Å². The van der Waals surface area contributed by atoms with Crippen LogP contribution in [0.4, 0.5) is 0 Å². The molecule has 0 atom stereocenters. The van der Waals surface area contributed by atoms with Crippen LogP contribution in [0.5, 0.6) is 5.75 Å². The maximum Gasteiger partial charge on any atom is 0.139 e. The number of fused-ring (bicyclic) bond motifs is 1. The predicted octanol–water partition coefficient (Wildman–Crippen LogP) is 3.08. The molecule has 2 rings (SSSR count). The fourth-order valence-corrected chi connectivity index (χ4v) is 1.92.